The SMILES string of the molecule is CC1CCCN(Cc2cccc([N+](=O)[O-])c2)C1CN.Cl. The maximum atomic E-state index is 10.8. The number of benzene rings is 1. The van der Waals surface area contributed by atoms with Gasteiger partial charge in [0.15, 0.2) is 0 Å². The fourth-order valence-electron chi connectivity index (χ4n) is 2.92. The fourth-order valence-corrected chi connectivity index (χ4v) is 2.92. The summed E-state index contributed by atoms with van der Waals surface area (Å²) in [5.41, 5.74) is 7.01. The molecular formula is C14H22ClN3O2. The molecule has 1 aromatic rings. The summed E-state index contributed by atoms with van der Waals surface area (Å²) in [6, 6.07) is 7.27. The van der Waals surface area contributed by atoms with E-state index >= 15 is 0 Å². The van der Waals surface area contributed by atoms with Gasteiger partial charge in [-0.1, -0.05) is 19.1 Å². The molecular weight excluding hydrogens is 278 g/mol. The number of halogens is 1. The Balaban J connectivity index is 0.00000200. The van der Waals surface area contributed by atoms with Crippen molar-refractivity contribution < 1.29 is 4.92 Å². The van der Waals surface area contributed by atoms with Gasteiger partial charge >= 0.3 is 0 Å². The zero-order valence-electron chi connectivity index (χ0n) is 11.7. The summed E-state index contributed by atoms with van der Waals surface area (Å²) in [4.78, 5) is 12.8. The predicted octanol–water partition coefficient (Wildman–Crippen LogP) is 2.58. The van der Waals surface area contributed by atoms with Crippen LogP contribution in [-0.2, 0) is 6.54 Å². The number of piperidine rings is 1. The van der Waals surface area contributed by atoms with E-state index in [4.69, 9.17) is 5.73 Å². The monoisotopic (exact) mass is 299 g/mol. The number of hydrogen-bond donors (Lipinski definition) is 1. The highest BCUT2D eigenvalue weighted by atomic mass is 35.5. The van der Waals surface area contributed by atoms with Crippen LogP contribution in [0, 0.1) is 16.0 Å². The number of nitro benzene ring substituents is 1. The third kappa shape index (κ3) is 3.91. The number of non-ortho nitro benzene ring substituents is 1. The summed E-state index contributed by atoms with van der Waals surface area (Å²) >= 11 is 0. The summed E-state index contributed by atoms with van der Waals surface area (Å²) in [7, 11) is 0. The highest BCUT2D eigenvalue weighted by Crippen LogP contribution is 2.25. The van der Waals surface area contributed by atoms with Crippen molar-refractivity contribution >= 4 is 18.1 Å². The molecule has 2 atom stereocenters. The van der Waals surface area contributed by atoms with E-state index in [9.17, 15) is 10.1 Å². The van der Waals surface area contributed by atoms with Crippen LogP contribution in [0.2, 0.25) is 0 Å². The molecule has 2 N–H and O–H groups in total. The quantitative estimate of drug-likeness (QED) is 0.685. The van der Waals surface area contributed by atoms with Crippen LogP contribution in [0.5, 0.6) is 0 Å². The third-order valence-electron chi connectivity index (χ3n) is 3.98. The van der Waals surface area contributed by atoms with Crippen LogP contribution in [0.3, 0.4) is 0 Å². The van der Waals surface area contributed by atoms with Crippen LogP contribution in [0.25, 0.3) is 0 Å². The van der Waals surface area contributed by atoms with Crippen molar-refractivity contribution in [2.45, 2.75) is 32.4 Å². The number of hydrogen-bond acceptors (Lipinski definition) is 4. The van der Waals surface area contributed by atoms with E-state index in [-0.39, 0.29) is 23.0 Å². The lowest BCUT2D eigenvalue weighted by Gasteiger charge is -2.39. The Hall–Kier alpha value is -1.17. The third-order valence-corrected chi connectivity index (χ3v) is 3.98. The van der Waals surface area contributed by atoms with Gasteiger partial charge in [-0.25, -0.2) is 0 Å². The largest absolute Gasteiger partial charge is 0.329 e. The van der Waals surface area contributed by atoms with Gasteiger partial charge in [0.1, 0.15) is 0 Å². The van der Waals surface area contributed by atoms with E-state index in [0.29, 0.717) is 18.5 Å². The molecule has 5 nitrogen and oxygen atoms in total. The van der Waals surface area contributed by atoms with E-state index < -0.39 is 0 Å². The molecule has 6 heteroatoms. The Bertz CT molecular complexity index is 456. The van der Waals surface area contributed by atoms with Crippen molar-refractivity contribution in [1.29, 1.82) is 0 Å². The molecule has 1 aromatic carbocycles. The number of nitrogens with two attached hydrogens (primary N) is 1. The lowest BCUT2D eigenvalue weighted by atomic mass is 9.90. The number of likely N-dealkylation sites (tertiary alicyclic amines) is 1. The maximum absolute atomic E-state index is 10.8. The van der Waals surface area contributed by atoms with E-state index in [1.165, 1.54) is 18.9 Å². The Morgan fingerprint density at radius 1 is 1.50 bits per heavy atom. The second-order valence-electron chi connectivity index (χ2n) is 5.32. The van der Waals surface area contributed by atoms with Gasteiger partial charge in [0.2, 0.25) is 0 Å². The summed E-state index contributed by atoms with van der Waals surface area (Å²) in [5, 5.41) is 10.8. The average molecular weight is 300 g/mol. The molecule has 0 saturated carbocycles. The molecule has 0 spiro atoms. The van der Waals surface area contributed by atoms with Crippen molar-refractivity contribution in [3.05, 3.63) is 39.9 Å². The molecule has 0 amide bonds. The standard InChI is InChI=1S/C14H21N3O2.ClH/c1-11-4-3-7-16(14(11)9-15)10-12-5-2-6-13(8-12)17(18)19;/h2,5-6,8,11,14H,3-4,7,9-10,15H2,1H3;1H. The van der Waals surface area contributed by atoms with E-state index in [2.05, 4.69) is 11.8 Å². The van der Waals surface area contributed by atoms with E-state index in [1.807, 2.05) is 6.07 Å². The maximum Gasteiger partial charge on any atom is 0.269 e. The van der Waals surface area contributed by atoms with E-state index in [1.54, 1.807) is 12.1 Å². The first-order valence-corrected chi connectivity index (χ1v) is 6.79. The van der Waals surface area contributed by atoms with Gasteiger partial charge in [0.05, 0.1) is 4.92 Å². The lowest BCUT2D eigenvalue weighted by Crippen LogP contribution is -2.47. The Labute approximate surface area is 125 Å². The lowest BCUT2D eigenvalue weighted by molar-refractivity contribution is -0.384. The van der Waals surface area contributed by atoms with E-state index in [0.717, 1.165) is 18.7 Å². The van der Waals surface area contributed by atoms with Crippen molar-refractivity contribution in [1.82, 2.24) is 4.90 Å². The minimum Gasteiger partial charge on any atom is -0.329 e. The van der Waals surface area contributed by atoms with Crippen molar-refractivity contribution in [3.8, 4) is 0 Å². The molecule has 112 valence electrons. The highest BCUT2D eigenvalue weighted by Gasteiger charge is 2.27. The fraction of sp³-hybridized carbons (Fsp3) is 0.571. The molecule has 2 rings (SSSR count). The zero-order valence-corrected chi connectivity index (χ0v) is 12.5. The van der Waals surface area contributed by atoms with Crippen molar-refractivity contribution in [3.63, 3.8) is 0 Å². The summed E-state index contributed by atoms with van der Waals surface area (Å²) in [5.74, 6) is 0.595. The van der Waals surface area contributed by atoms with Crippen molar-refractivity contribution in [2.24, 2.45) is 11.7 Å². The molecule has 1 fully saturated rings. The van der Waals surface area contributed by atoms with Gasteiger partial charge in [-0.05, 0) is 30.9 Å². The van der Waals surface area contributed by atoms with Gasteiger partial charge in [0.25, 0.3) is 5.69 Å². The Morgan fingerprint density at radius 3 is 2.90 bits per heavy atom. The normalized spacial score (nSPS) is 23.1. The molecule has 1 heterocycles. The van der Waals surface area contributed by atoms with Crippen LogP contribution in [0.15, 0.2) is 24.3 Å². The van der Waals surface area contributed by atoms with Crippen molar-refractivity contribution in [2.75, 3.05) is 13.1 Å². The van der Waals surface area contributed by atoms with Gasteiger partial charge in [-0.2, -0.15) is 0 Å². The van der Waals surface area contributed by atoms with Crippen LogP contribution < -0.4 is 5.73 Å². The second kappa shape index (κ2) is 7.57. The zero-order chi connectivity index (χ0) is 13.8. The average Bonchev–Trinajstić information content (AvgIpc) is 2.39. The van der Waals surface area contributed by atoms with Crippen LogP contribution in [0.4, 0.5) is 5.69 Å². The van der Waals surface area contributed by atoms with Gasteiger partial charge in [0, 0.05) is 31.3 Å². The topological polar surface area (TPSA) is 72.4 Å². The molecule has 20 heavy (non-hydrogen) atoms. The first-order chi connectivity index (χ1) is 9.11. The van der Waals surface area contributed by atoms with Crippen LogP contribution in [-0.4, -0.2) is 29.0 Å². The number of nitrogens with zero attached hydrogens (tertiary/aromatic N) is 2. The smallest absolute Gasteiger partial charge is 0.269 e. The minimum atomic E-state index is -0.345. The van der Waals surface area contributed by atoms with Gasteiger partial charge < -0.3 is 5.73 Å². The first-order valence-electron chi connectivity index (χ1n) is 6.79. The molecule has 1 aliphatic rings. The van der Waals surface area contributed by atoms with Gasteiger partial charge in [-0.15, -0.1) is 12.4 Å². The first kappa shape index (κ1) is 16.9. The summed E-state index contributed by atoms with van der Waals surface area (Å²) in [6.45, 7) is 4.65. The molecule has 0 aromatic heterocycles. The highest BCUT2D eigenvalue weighted by molar-refractivity contribution is 5.85. The molecule has 2 unspecified atom stereocenters. The number of nitro groups is 1. The number of rotatable bonds is 4. The summed E-state index contributed by atoms with van der Waals surface area (Å²) in [6.07, 6.45) is 2.39. The second-order valence-corrected chi connectivity index (χ2v) is 5.32. The van der Waals surface area contributed by atoms with Crippen LogP contribution >= 0.6 is 12.4 Å². The summed E-state index contributed by atoms with van der Waals surface area (Å²) < 4.78 is 0. The van der Waals surface area contributed by atoms with Crippen LogP contribution in [0.1, 0.15) is 25.3 Å². The molecule has 0 aliphatic carbocycles. The minimum absolute atomic E-state index is 0. The Kier molecular flexibility index (Phi) is 6.39. The molecule has 0 radical (unpaired) electrons. The predicted molar refractivity (Wildman–Crippen MR) is 82.0 cm³/mol. The molecule has 1 aliphatic heterocycles. The Morgan fingerprint density at radius 2 is 2.25 bits per heavy atom. The molecule has 1 saturated heterocycles. The van der Waals surface area contributed by atoms with Gasteiger partial charge in [-0.3, -0.25) is 15.0 Å². The molecule has 0 bridgehead atoms.